The van der Waals surface area contributed by atoms with Gasteiger partial charge in [-0.1, -0.05) is 60.7 Å². The first-order valence-corrected chi connectivity index (χ1v) is 8.97. The van der Waals surface area contributed by atoms with Crippen LogP contribution >= 0.6 is 0 Å². The Hall–Kier alpha value is -2.17. The minimum absolute atomic E-state index is 0.0949. The summed E-state index contributed by atoms with van der Waals surface area (Å²) in [6.45, 7) is 5.14. The number of carbonyl (C=O) groups is 1. The Labute approximate surface area is 150 Å². The predicted molar refractivity (Wildman–Crippen MR) is 99.0 cm³/mol. The van der Waals surface area contributed by atoms with Crippen LogP contribution in [0.1, 0.15) is 17.5 Å². The molecule has 0 radical (unpaired) electrons. The summed E-state index contributed by atoms with van der Waals surface area (Å²) in [6.07, 6.45) is 1.01. The van der Waals surface area contributed by atoms with E-state index in [2.05, 4.69) is 29.2 Å². The van der Waals surface area contributed by atoms with Crippen molar-refractivity contribution in [3.05, 3.63) is 71.8 Å². The zero-order valence-electron chi connectivity index (χ0n) is 14.6. The maximum Gasteiger partial charge on any atom is 0.248 e. The van der Waals surface area contributed by atoms with Crippen LogP contribution in [0.15, 0.2) is 60.7 Å². The van der Waals surface area contributed by atoms with E-state index in [1.807, 2.05) is 41.3 Å². The van der Waals surface area contributed by atoms with E-state index in [1.54, 1.807) is 0 Å². The topological polar surface area (TPSA) is 32.8 Å². The Balaban J connectivity index is 1.42. The lowest BCUT2D eigenvalue weighted by Crippen LogP contribution is -2.37. The molecule has 0 bridgehead atoms. The van der Waals surface area contributed by atoms with Crippen molar-refractivity contribution in [2.45, 2.75) is 19.6 Å². The molecule has 1 saturated heterocycles. The van der Waals surface area contributed by atoms with Gasteiger partial charge >= 0.3 is 0 Å². The van der Waals surface area contributed by atoms with Crippen LogP contribution in [-0.2, 0) is 22.7 Å². The van der Waals surface area contributed by atoms with Crippen LogP contribution in [0.5, 0.6) is 0 Å². The van der Waals surface area contributed by atoms with Crippen LogP contribution in [-0.4, -0.2) is 48.5 Å². The molecule has 2 aromatic rings. The normalized spacial score (nSPS) is 15.8. The van der Waals surface area contributed by atoms with E-state index in [1.165, 1.54) is 5.56 Å². The molecule has 1 amide bonds. The van der Waals surface area contributed by atoms with E-state index < -0.39 is 0 Å². The summed E-state index contributed by atoms with van der Waals surface area (Å²) in [6, 6.07) is 20.5. The standard InChI is InChI=1S/C21H26N2O2/c24-21(18-25-17-20-10-5-2-6-11-20)23-13-7-12-22(14-15-23)16-19-8-3-1-4-9-19/h1-6,8-11H,7,12-18H2. The van der Waals surface area contributed by atoms with Crippen molar-refractivity contribution < 1.29 is 9.53 Å². The van der Waals surface area contributed by atoms with Gasteiger partial charge in [-0.3, -0.25) is 9.69 Å². The molecule has 0 atom stereocenters. The molecule has 1 aliphatic rings. The zero-order chi connectivity index (χ0) is 17.3. The van der Waals surface area contributed by atoms with Gasteiger partial charge in [0, 0.05) is 32.7 Å². The first kappa shape index (κ1) is 17.6. The Morgan fingerprint density at radius 1 is 0.840 bits per heavy atom. The molecule has 4 heteroatoms. The Bertz CT molecular complexity index is 645. The maximum absolute atomic E-state index is 12.4. The van der Waals surface area contributed by atoms with Crippen LogP contribution < -0.4 is 0 Å². The van der Waals surface area contributed by atoms with Crippen molar-refractivity contribution in [2.24, 2.45) is 0 Å². The molecule has 0 unspecified atom stereocenters. The van der Waals surface area contributed by atoms with Gasteiger partial charge in [0.05, 0.1) is 6.61 Å². The minimum Gasteiger partial charge on any atom is -0.367 e. The van der Waals surface area contributed by atoms with Crippen molar-refractivity contribution >= 4 is 5.91 Å². The molecule has 0 aliphatic carbocycles. The Kier molecular flexibility index (Phi) is 6.60. The van der Waals surface area contributed by atoms with Gasteiger partial charge in [-0.15, -0.1) is 0 Å². The molecule has 2 aromatic carbocycles. The van der Waals surface area contributed by atoms with E-state index >= 15 is 0 Å². The second kappa shape index (κ2) is 9.35. The van der Waals surface area contributed by atoms with E-state index in [9.17, 15) is 4.79 Å². The van der Waals surface area contributed by atoms with E-state index in [4.69, 9.17) is 4.74 Å². The highest BCUT2D eigenvalue weighted by Gasteiger charge is 2.19. The third kappa shape index (κ3) is 5.69. The van der Waals surface area contributed by atoms with Gasteiger partial charge in [-0.25, -0.2) is 0 Å². The molecule has 0 saturated carbocycles. The molecule has 132 valence electrons. The maximum atomic E-state index is 12.4. The molecule has 4 nitrogen and oxygen atoms in total. The van der Waals surface area contributed by atoms with Crippen molar-refractivity contribution in [2.75, 3.05) is 32.8 Å². The predicted octanol–water partition coefficient (Wildman–Crippen LogP) is 2.94. The summed E-state index contributed by atoms with van der Waals surface area (Å²) >= 11 is 0. The van der Waals surface area contributed by atoms with Gasteiger partial charge < -0.3 is 9.64 Å². The van der Waals surface area contributed by atoms with Crippen LogP contribution in [0.4, 0.5) is 0 Å². The minimum atomic E-state index is 0.0949. The lowest BCUT2D eigenvalue weighted by Gasteiger charge is -2.22. The third-order valence-electron chi connectivity index (χ3n) is 4.53. The Morgan fingerprint density at radius 2 is 1.52 bits per heavy atom. The summed E-state index contributed by atoms with van der Waals surface area (Å²) in [5.41, 5.74) is 2.42. The number of hydrogen-bond donors (Lipinski definition) is 0. The molecular weight excluding hydrogens is 312 g/mol. The summed E-state index contributed by atoms with van der Waals surface area (Å²) in [4.78, 5) is 16.8. The number of rotatable bonds is 6. The quantitative estimate of drug-likeness (QED) is 0.812. The molecule has 1 heterocycles. The fourth-order valence-electron chi connectivity index (χ4n) is 3.14. The second-order valence-electron chi connectivity index (χ2n) is 6.47. The fourth-order valence-corrected chi connectivity index (χ4v) is 3.14. The van der Waals surface area contributed by atoms with Crippen molar-refractivity contribution in [1.29, 1.82) is 0 Å². The van der Waals surface area contributed by atoms with Crippen LogP contribution in [0.3, 0.4) is 0 Å². The molecule has 0 spiro atoms. The van der Waals surface area contributed by atoms with Crippen LogP contribution in [0, 0.1) is 0 Å². The first-order valence-electron chi connectivity index (χ1n) is 8.97. The highest BCUT2D eigenvalue weighted by atomic mass is 16.5. The molecule has 1 fully saturated rings. The first-order chi connectivity index (χ1) is 12.3. The molecule has 0 aromatic heterocycles. The fraction of sp³-hybridized carbons (Fsp3) is 0.381. The average molecular weight is 338 g/mol. The summed E-state index contributed by atoms with van der Waals surface area (Å²) in [5, 5.41) is 0. The smallest absolute Gasteiger partial charge is 0.248 e. The largest absolute Gasteiger partial charge is 0.367 e. The number of amides is 1. The van der Waals surface area contributed by atoms with Crippen LogP contribution in [0.2, 0.25) is 0 Å². The highest BCUT2D eigenvalue weighted by Crippen LogP contribution is 2.09. The van der Waals surface area contributed by atoms with Crippen LogP contribution in [0.25, 0.3) is 0 Å². The van der Waals surface area contributed by atoms with Gasteiger partial charge in [-0.2, -0.15) is 0 Å². The number of carbonyl (C=O) groups excluding carboxylic acids is 1. The average Bonchev–Trinajstić information content (AvgIpc) is 2.89. The van der Waals surface area contributed by atoms with Crippen molar-refractivity contribution in [3.8, 4) is 0 Å². The number of ether oxygens (including phenoxy) is 1. The van der Waals surface area contributed by atoms with Gasteiger partial charge in [0.25, 0.3) is 0 Å². The molecule has 25 heavy (non-hydrogen) atoms. The third-order valence-corrected chi connectivity index (χ3v) is 4.53. The number of benzene rings is 2. The van der Waals surface area contributed by atoms with Gasteiger partial charge in [0.15, 0.2) is 0 Å². The molecular formula is C21H26N2O2. The van der Waals surface area contributed by atoms with E-state index in [0.717, 1.165) is 44.7 Å². The van der Waals surface area contributed by atoms with Gasteiger partial charge in [-0.05, 0) is 17.5 Å². The monoisotopic (exact) mass is 338 g/mol. The number of hydrogen-bond acceptors (Lipinski definition) is 3. The molecule has 0 N–H and O–H groups in total. The lowest BCUT2D eigenvalue weighted by molar-refractivity contribution is -0.136. The van der Waals surface area contributed by atoms with Gasteiger partial charge in [0.1, 0.15) is 6.61 Å². The van der Waals surface area contributed by atoms with E-state index in [-0.39, 0.29) is 12.5 Å². The lowest BCUT2D eigenvalue weighted by atomic mass is 10.2. The summed E-state index contributed by atoms with van der Waals surface area (Å²) < 4.78 is 5.59. The van der Waals surface area contributed by atoms with Crippen molar-refractivity contribution in [3.63, 3.8) is 0 Å². The Morgan fingerprint density at radius 3 is 2.24 bits per heavy atom. The van der Waals surface area contributed by atoms with Gasteiger partial charge in [0.2, 0.25) is 5.91 Å². The molecule has 1 aliphatic heterocycles. The summed E-state index contributed by atoms with van der Waals surface area (Å²) in [5.74, 6) is 0.0949. The number of nitrogens with zero attached hydrogens (tertiary/aromatic N) is 2. The molecule has 3 rings (SSSR count). The van der Waals surface area contributed by atoms with Crippen molar-refractivity contribution in [1.82, 2.24) is 9.80 Å². The van der Waals surface area contributed by atoms with E-state index in [0.29, 0.717) is 6.61 Å². The SMILES string of the molecule is O=C(COCc1ccccc1)N1CCCN(Cc2ccccc2)CC1. The summed E-state index contributed by atoms with van der Waals surface area (Å²) in [7, 11) is 0. The highest BCUT2D eigenvalue weighted by molar-refractivity contribution is 5.77. The zero-order valence-corrected chi connectivity index (χ0v) is 14.6. The second-order valence-corrected chi connectivity index (χ2v) is 6.47.